The van der Waals surface area contributed by atoms with Gasteiger partial charge in [0.2, 0.25) is 0 Å². The van der Waals surface area contributed by atoms with Crippen LogP contribution in [0.1, 0.15) is 0 Å². The molecule has 0 saturated heterocycles. The van der Waals surface area contributed by atoms with Gasteiger partial charge in [0, 0.05) is 0 Å². The molecule has 68 valence electrons. The SMILES string of the molecule is C=CCOC(=O)C(Cl)(Cl)C(N)=O. The molecule has 0 bridgehead atoms. The molecule has 0 aromatic heterocycles. The van der Waals surface area contributed by atoms with Crippen LogP contribution in [0.2, 0.25) is 0 Å². The second kappa shape index (κ2) is 4.33. The zero-order chi connectivity index (χ0) is 9.78. The fourth-order valence-electron chi connectivity index (χ4n) is 0.326. The van der Waals surface area contributed by atoms with Crippen molar-refractivity contribution in [2.24, 2.45) is 5.73 Å². The monoisotopic (exact) mass is 211 g/mol. The van der Waals surface area contributed by atoms with E-state index in [1.165, 1.54) is 6.08 Å². The van der Waals surface area contributed by atoms with Crippen molar-refractivity contribution < 1.29 is 14.3 Å². The molecular weight excluding hydrogens is 205 g/mol. The molecule has 2 N–H and O–H groups in total. The summed E-state index contributed by atoms with van der Waals surface area (Å²) in [6.07, 6.45) is 1.31. The fourth-order valence-corrected chi connectivity index (χ4v) is 0.435. The highest BCUT2D eigenvalue weighted by molar-refractivity contribution is 6.66. The lowest BCUT2D eigenvalue weighted by Gasteiger charge is -2.12. The first-order valence-corrected chi connectivity index (χ1v) is 3.64. The molecular formula is C6H7Cl2NO3. The molecule has 0 spiro atoms. The van der Waals surface area contributed by atoms with Gasteiger partial charge in [0.15, 0.2) is 0 Å². The molecule has 4 nitrogen and oxygen atoms in total. The van der Waals surface area contributed by atoms with E-state index in [9.17, 15) is 9.59 Å². The number of ether oxygens (including phenoxy) is 1. The Morgan fingerprint density at radius 1 is 1.58 bits per heavy atom. The highest BCUT2D eigenvalue weighted by Gasteiger charge is 2.42. The van der Waals surface area contributed by atoms with Crippen LogP contribution in [0.15, 0.2) is 12.7 Å². The van der Waals surface area contributed by atoms with Gasteiger partial charge in [0.05, 0.1) is 0 Å². The van der Waals surface area contributed by atoms with Crippen LogP contribution in [-0.4, -0.2) is 22.8 Å². The maximum atomic E-state index is 10.8. The van der Waals surface area contributed by atoms with E-state index in [4.69, 9.17) is 28.9 Å². The predicted molar refractivity (Wildman–Crippen MR) is 44.8 cm³/mol. The normalized spacial score (nSPS) is 10.5. The molecule has 1 amide bonds. The van der Waals surface area contributed by atoms with Gasteiger partial charge in [-0.15, -0.1) is 0 Å². The van der Waals surface area contributed by atoms with E-state index in [2.05, 4.69) is 11.3 Å². The summed E-state index contributed by atoms with van der Waals surface area (Å²) >= 11 is 10.5. The van der Waals surface area contributed by atoms with Gasteiger partial charge in [-0.3, -0.25) is 4.79 Å². The molecule has 0 fully saturated rings. The average molecular weight is 212 g/mol. The zero-order valence-electron chi connectivity index (χ0n) is 6.05. The minimum Gasteiger partial charge on any atom is -0.459 e. The van der Waals surface area contributed by atoms with Crippen LogP contribution >= 0.6 is 23.2 Å². The van der Waals surface area contributed by atoms with Gasteiger partial charge in [0.1, 0.15) is 6.61 Å². The van der Waals surface area contributed by atoms with E-state index in [1.807, 2.05) is 0 Å². The molecule has 0 aromatic carbocycles. The van der Waals surface area contributed by atoms with Crippen molar-refractivity contribution in [2.75, 3.05) is 6.61 Å². The van der Waals surface area contributed by atoms with Crippen molar-refractivity contribution >= 4 is 35.1 Å². The highest BCUT2D eigenvalue weighted by Crippen LogP contribution is 2.21. The summed E-state index contributed by atoms with van der Waals surface area (Å²) in [4.78, 5) is 21.3. The van der Waals surface area contributed by atoms with E-state index in [-0.39, 0.29) is 6.61 Å². The molecule has 0 rings (SSSR count). The van der Waals surface area contributed by atoms with Crippen LogP contribution in [0.3, 0.4) is 0 Å². The maximum Gasteiger partial charge on any atom is 0.352 e. The Morgan fingerprint density at radius 2 is 2.08 bits per heavy atom. The van der Waals surface area contributed by atoms with Crippen molar-refractivity contribution in [2.45, 2.75) is 4.33 Å². The first-order chi connectivity index (χ1) is 5.42. The van der Waals surface area contributed by atoms with Gasteiger partial charge in [-0.1, -0.05) is 35.9 Å². The lowest BCUT2D eigenvalue weighted by molar-refractivity contribution is -0.145. The van der Waals surface area contributed by atoms with Crippen LogP contribution in [0.4, 0.5) is 0 Å². The third-order valence-corrected chi connectivity index (χ3v) is 1.58. The highest BCUT2D eigenvalue weighted by atomic mass is 35.5. The quantitative estimate of drug-likeness (QED) is 0.317. The van der Waals surface area contributed by atoms with Crippen molar-refractivity contribution in [1.29, 1.82) is 0 Å². The number of carbonyl (C=O) groups is 2. The van der Waals surface area contributed by atoms with E-state index in [0.29, 0.717) is 0 Å². The third-order valence-electron chi connectivity index (χ3n) is 0.898. The first kappa shape index (κ1) is 11.3. The fraction of sp³-hybridized carbons (Fsp3) is 0.333. The minimum absolute atomic E-state index is 0.0761. The van der Waals surface area contributed by atoms with Crippen molar-refractivity contribution in [3.05, 3.63) is 12.7 Å². The van der Waals surface area contributed by atoms with Crippen LogP contribution in [0.5, 0.6) is 0 Å². The number of nitrogens with two attached hydrogens (primary N) is 1. The molecule has 0 aliphatic heterocycles. The molecule has 0 heterocycles. The van der Waals surface area contributed by atoms with E-state index in [0.717, 1.165) is 0 Å². The number of primary amides is 1. The standard InChI is InChI=1S/C6H7Cl2NO3/c1-2-3-12-5(11)6(7,8)4(9)10/h2H,1,3H2,(H2,9,10). The minimum atomic E-state index is -2.32. The number of rotatable bonds is 4. The van der Waals surface area contributed by atoms with Crippen LogP contribution in [0.25, 0.3) is 0 Å². The predicted octanol–water partition coefficient (Wildman–Crippen LogP) is 0.375. The van der Waals surface area contributed by atoms with E-state index < -0.39 is 16.2 Å². The van der Waals surface area contributed by atoms with Gasteiger partial charge < -0.3 is 10.5 Å². The Balaban J connectivity index is 4.25. The molecule has 0 saturated carbocycles. The van der Waals surface area contributed by atoms with Gasteiger partial charge >= 0.3 is 5.97 Å². The van der Waals surface area contributed by atoms with Crippen LogP contribution in [-0.2, 0) is 14.3 Å². The number of hydrogen-bond donors (Lipinski definition) is 1. The molecule has 0 atom stereocenters. The smallest absolute Gasteiger partial charge is 0.352 e. The van der Waals surface area contributed by atoms with Gasteiger partial charge in [-0.05, 0) is 0 Å². The van der Waals surface area contributed by atoms with Crippen LogP contribution < -0.4 is 5.73 Å². The second-order valence-electron chi connectivity index (χ2n) is 1.83. The number of halogens is 2. The third kappa shape index (κ3) is 2.71. The van der Waals surface area contributed by atoms with Gasteiger partial charge in [0.25, 0.3) is 10.2 Å². The molecule has 0 unspecified atom stereocenters. The van der Waals surface area contributed by atoms with Crippen LogP contribution in [0, 0.1) is 0 Å². The lowest BCUT2D eigenvalue weighted by atomic mass is 10.4. The zero-order valence-corrected chi connectivity index (χ0v) is 7.56. The second-order valence-corrected chi connectivity index (χ2v) is 3.15. The maximum absolute atomic E-state index is 10.8. The van der Waals surface area contributed by atoms with Crippen molar-refractivity contribution in [3.8, 4) is 0 Å². The topological polar surface area (TPSA) is 69.4 Å². The largest absolute Gasteiger partial charge is 0.459 e. The molecule has 0 radical (unpaired) electrons. The Kier molecular flexibility index (Phi) is 4.06. The van der Waals surface area contributed by atoms with Gasteiger partial charge in [-0.2, -0.15) is 0 Å². The lowest BCUT2D eigenvalue weighted by Crippen LogP contribution is -2.42. The number of amides is 1. The first-order valence-electron chi connectivity index (χ1n) is 2.88. The Labute approximate surface area is 79.3 Å². The van der Waals surface area contributed by atoms with E-state index >= 15 is 0 Å². The molecule has 0 aliphatic carbocycles. The Morgan fingerprint density at radius 3 is 2.42 bits per heavy atom. The number of esters is 1. The summed E-state index contributed by atoms with van der Waals surface area (Å²) in [6.45, 7) is 3.20. The average Bonchev–Trinajstić information content (AvgIpc) is 1.99. The summed E-state index contributed by atoms with van der Waals surface area (Å²) in [5.74, 6) is -2.27. The summed E-state index contributed by atoms with van der Waals surface area (Å²) in [7, 11) is 0. The molecule has 0 aromatic rings. The number of hydrogen-bond acceptors (Lipinski definition) is 3. The summed E-state index contributed by atoms with van der Waals surface area (Å²) < 4.78 is 2.08. The molecule has 12 heavy (non-hydrogen) atoms. The summed E-state index contributed by atoms with van der Waals surface area (Å²) in [5, 5.41) is 0. The number of carbonyl (C=O) groups excluding carboxylic acids is 2. The molecule has 6 heteroatoms. The molecule has 0 aliphatic rings. The Bertz CT molecular complexity index is 215. The van der Waals surface area contributed by atoms with Gasteiger partial charge in [-0.25, -0.2) is 4.79 Å². The Hall–Kier alpha value is -0.740. The van der Waals surface area contributed by atoms with Crippen molar-refractivity contribution in [1.82, 2.24) is 0 Å². The van der Waals surface area contributed by atoms with E-state index in [1.54, 1.807) is 0 Å². The van der Waals surface area contributed by atoms with Crippen molar-refractivity contribution in [3.63, 3.8) is 0 Å². The summed E-state index contributed by atoms with van der Waals surface area (Å²) in [5.41, 5.74) is 4.71. The summed E-state index contributed by atoms with van der Waals surface area (Å²) in [6, 6.07) is 0. The number of alkyl halides is 2.